The normalized spacial score (nSPS) is 42.0. The molecule has 3 rings (SSSR count). The van der Waals surface area contributed by atoms with E-state index in [2.05, 4.69) is 18.3 Å². The third-order valence-electron chi connectivity index (χ3n) is 3.92. The minimum atomic E-state index is 0.0364. The number of likely N-dealkylation sites (tertiary alicyclic amines) is 1. The molecule has 1 amide bonds. The van der Waals surface area contributed by atoms with Crippen molar-refractivity contribution in [2.75, 3.05) is 19.6 Å². The fourth-order valence-electron chi connectivity index (χ4n) is 3.08. The molecule has 1 N–H and O–H groups in total. The zero-order chi connectivity index (χ0) is 11.3. The fourth-order valence-corrected chi connectivity index (χ4v) is 3.08. The van der Waals surface area contributed by atoms with Crippen LogP contribution >= 0.6 is 0 Å². The summed E-state index contributed by atoms with van der Waals surface area (Å²) in [5, 5.41) is 3.44. The highest BCUT2D eigenvalue weighted by Crippen LogP contribution is 2.36. The SMILES string of the molecule is CCN1CC2OC3C=C(C)CNC3C2C1=O. The van der Waals surface area contributed by atoms with E-state index in [1.54, 1.807) is 0 Å². The summed E-state index contributed by atoms with van der Waals surface area (Å²) in [6.45, 7) is 6.56. The monoisotopic (exact) mass is 222 g/mol. The number of hydrogen-bond acceptors (Lipinski definition) is 3. The zero-order valence-corrected chi connectivity index (χ0v) is 9.77. The second-order valence-electron chi connectivity index (χ2n) is 4.96. The second-order valence-corrected chi connectivity index (χ2v) is 4.96. The van der Waals surface area contributed by atoms with Gasteiger partial charge in [-0.05, 0) is 13.8 Å². The Morgan fingerprint density at radius 2 is 2.44 bits per heavy atom. The van der Waals surface area contributed by atoms with Crippen molar-refractivity contribution in [1.82, 2.24) is 10.2 Å². The van der Waals surface area contributed by atoms with Gasteiger partial charge in [0, 0.05) is 19.6 Å². The number of rotatable bonds is 1. The maximum Gasteiger partial charge on any atom is 0.230 e. The summed E-state index contributed by atoms with van der Waals surface area (Å²) in [5.74, 6) is 0.301. The van der Waals surface area contributed by atoms with Crippen molar-refractivity contribution < 1.29 is 9.53 Å². The van der Waals surface area contributed by atoms with Crippen LogP contribution in [0.4, 0.5) is 0 Å². The van der Waals surface area contributed by atoms with Crippen molar-refractivity contribution in [3.8, 4) is 0 Å². The first-order valence-corrected chi connectivity index (χ1v) is 6.05. The van der Waals surface area contributed by atoms with Gasteiger partial charge in [0.2, 0.25) is 5.91 Å². The molecule has 4 heteroatoms. The molecule has 4 atom stereocenters. The van der Waals surface area contributed by atoms with Crippen molar-refractivity contribution in [2.45, 2.75) is 32.1 Å². The Morgan fingerprint density at radius 3 is 3.19 bits per heavy atom. The van der Waals surface area contributed by atoms with E-state index in [-0.39, 0.29) is 30.1 Å². The third kappa shape index (κ3) is 1.33. The van der Waals surface area contributed by atoms with Crippen LogP contribution in [-0.2, 0) is 9.53 Å². The summed E-state index contributed by atoms with van der Waals surface area (Å²) in [4.78, 5) is 14.0. The highest BCUT2D eigenvalue weighted by molar-refractivity contribution is 5.83. The van der Waals surface area contributed by atoms with E-state index >= 15 is 0 Å². The van der Waals surface area contributed by atoms with Crippen LogP contribution in [0, 0.1) is 5.92 Å². The Kier molecular flexibility index (Phi) is 2.30. The predicted octanol–water partition coefficient (Wildman–Crippen LogP) is 0.150. The Morgan fingerprint density at radius 1 is 1.62 bits per heavy atom. The number of carbonyl (C=O) groups excluding carboxylic acids is 1. The van der Waals surface area contributed by atoms with Crippen LogP contribution in [0.15, 0.2) is 11.6 Å². The molecule has 0 radical (unpaired) electrons. The number of hydrogen-bond donors (Lipinski definition) is 1. The topological polar surface area (TPSA) is 41.6 Å². The number of carbonyl (C=O) groups is 1. The van der Waals surface area contributed by atoms with Gasteiger partial charge >= 0.3 is 0 Å². The van der Waals surface area contributed by atoms with E-state index in [0.29, 0.717) is 0 Å². The summed E-state index contributed by atoms with van der Waals surface area (Å²) >= 11 is 0. The largest absolute Gasteiger partial charge is 0.367 e. The summed E-state index contributed by atoms with van der Waals surface area (Å²) in [6.07, 6.45) is 2.37. The maximum atomic E-state index is 12.1. The first-order chi connectivity index (χ1) is 7.70. The summed E-state index contributed by atoms with van der Waals surface area (Å²) in [6, 6.07) is 0.192. The number of fused-ring (bicyclic) bond motifs is 3. The van der Waals surface area contributed by atoms with Crippen molar-refractivity contribution in [2.24, 2.45) is 5.92 Å². The molecule has 2 saturated heterocycles. The zero-order valence-electron chi connectivity index (χ0n) is 9.77. The number of amides is 1. The van der Waals surface area contributed by atoms with Gasteiger partial charge in [0.15, 0.2) is 0 Å². The molecule has 88 valence electrons. The van der Waals surface area contributed by atoms with Crippen LogP contribution < -0.4 is 5.32 Å². The van der Waals surface area contributed by atoms with E-state index in [4.69, 9.17) is 4.74 Å². The minimum absolute atomic E-state index is 0.0364. The molecule has 0 bridgehead atoms. The van der Waals surface area contributed by atoms with Crippen LogP contribution in [0.3, 0.4) is 0 Å². The molecule has 0 spiro atoms. The second kappa shape index (κ2) is 3.57. The van der Waals surface area contributed by atoms with E-state index in [1.807, 2.05) is 11.8 Å². The Balaban J connectivity index is 1.84. The first kappa shape index (κ1) is 10.3. The molecular formula is C12H18N2O2. The van der Waals surface area contributed by atoms with Crippen molar-refractivity contribution in [1.29, 1.82) is 0 Å². The van der Waals surface area contributed by atoms with Crippen LogP contribution in [0.2, 0.25) is 0 Å². The molecular weight excluding hydrogens is 204 g/mol. The van der Waals surface area contributed by atoms with Crippen molar-refractivity contribution >= 4 is 5.91 Å². The Labute approximate surface area is 95.6 Å². The molecule has 3 aliphatic rings. The van der Waals surface area contributed by atoms with Gasteiger partial charge < -0.3 is 15.0 Å². The van der Waals surface area contributed by atoms with Gasteiger partial charge in [-0.2, -0.15) is 0 Å². The molecule has 2 fully saturated rings. The van der Waals surface area contributed by atoms with Gasteiger partial charge in [-0.1, -0.05) is 11.6 Å². The lowest BCUT2D eigenvalue weighted by atomic mass is 9.92. The molecule has 0 aliphatic carbocycles. The Hall–Kier alpha value is -0.870. The highest BCUT2D eigenvalue weighted by Gasteiger charge is 2.53. The van der Waals surface area contributed by atoms with Crippen molar-refractivity contribution in [3.05, 3.63) is 11.6 Å². The van der Waals surface area contributed by atoms with E-state index < -0.39 is 0 Å². The molecule has 0 saturated carbocycles. The van der Waals surface area contributed by atoms with Gasteiger partial charge in [-0.3, -0.25) is 4.79 Å². The Bertz CT molecular complexity index is 353. The van der Waals surface area contributed by atoms with Gasteiger partial charge in [0.1, 0.15) is 0 Å². The number of nitrogens with one attached hydrogen (secondary N) is 1. The number of likely N-dealkylation sites (N-methyl/N-ethyl adjacent to an activating group) is 1. The molecule has 4 unspecified atom stereocenters. The lowest BCUT2D eigenvalue weighted by Gasteiger charge is -2.27. The van der Waals surface area contributed by atoms with Crippen LogP contribution in [0.25, 0.3) is 0 Å². The quantitative estimate of drug-likeness (QED) is 0.642. The smallest absolute Gasteiger partial charge is 0.230 e. The molecule has 16 heavy (non-hydrogen) atoms. The van der Waals surface area contributed by atoms with Gasteiger partial charge in [-0.25, -0.2) is 0 Å². The predicted molar refractivity (Wildman–Crippen MR) is 60.0 cm³/mol. The molecule has 0 aromatic heterocycles. The summed E-state index contributed by atoms with van der Waals surface area (Å²) < 4.78 is 5.96. The lowest BCUT2D eigenvalue weighted by molar-refractivity contribution is -0.131. The highest BCUT2D eigenvalue weighted by atomic mass is 16.5. The molecule has 3 aliphatic heterocycles. The standard InChI is InChI=1S/C12H18N2O2/c1-3-14-6-9-10(12(14)15)11-8(16-9)4-7(2)5-13-11/h4,8-11,13H,3,5-6H2,1-2H3. The summed E-state index contributed by atoms with van der Waals surface area (Å²) in [7, 11) is 0. The van der Waals surface area contributed by atoms with Crippen LogP contribution in [0.1, 0.15) is 13.8 Å². The van der Waals surface area contributed by atoms with Crippen LogP contribution in [0.5, 0.6) is 0 Å². The third-order valence-corrected chi connectivity index (χ3v) is 3.92. The van der Waals surface area contributed by atoms with Crippen molar-refractivity contribution in [3.63, 3.8) is 0 Å². The fraction of sp³-hybridized carbons (Fsp3) is 0.750. The number of ether oxygens (including phenoxy) is 1. The van der Waals surface area contributed by atoms with Gasteiger partial charge in [0.25, 0.3) is 0 Å². The van der Waals surface area contributed by atoms with E-state index in [1.165, 1.54) is 5.57 Å². The molecule has 0 aromatic rings. The van der Waals surface area contributed by atoms with Gasteiger partial charge in [-0.15, -0.1) is 0 Å². The minimum Gasteiger partial charge on any atom is -0.367 e. The average molecular weight is 222 g/mol. The average Bonchev–Trinajstić information content (AvgIpc) is 2.75. The molecule has 4 nitrogen and oxygen atoms in total. The van der Waals surface area contributed by atoms with Gasteiger partial charge in [0.05, 0.1) is 24.2 Å². The lowest BCUT2D eigenvalue weighted by Crippen LogP contribution is -2.47. The van der Waals surface area contributed by atoms with Crippen LogP contribution in [-0.4, -0.2) is 48.7 Å². The maximum absolute atomic E-state index is 12.1. The summed E-state index contributed by atoms with van der Waals surface area (Å²) in [5.41, 5.74) is 1.31. The molecule has 0 aromatic carbocycles. The first-order valence-electron chi connectivity index (χ1n) is 6.05. The van der Waals surface area contributed by atoms with E-state index in [0.717, 1.165) is 19.6 Å². The number of nitrogens with zero attached hydrogens (tertiary/aromatic N) is 1. The molecule has 3 heterocycles. The van der Waals surface area contributed by atoms with E-state index in [9.17, 15) is 4.79 Å².